The molecule has 3 heterocycles. The van der Waals surface area contributed by atoms with Gasteiger partial charge >= 0.3 is 0 Å². The van der Waals surface area contributed by atoms with Gasteiger partial charge in [-0.25, -0.2) is 0 Å². The second-order valence-corrected chi connectivity index (χ2v) is 20.4. The number of rotatable bonds is 9. The van der Waals surface area contributed by atoms with E-state index in [4.69, 9.17) is 4.74 Å². The number of fused-ring (bicyclic) bond motifs is 8. The summed E-state index contributed by atoms with van der Waals surface area (Å²) in [6, 6.07) is 109. The summed E-state index contributed by atoms with van der Waals surface area (Å²) in [4.78, 5) is 12.1. The summed E-state index contributed by atoms with van der Waals surface area (Å²) < 4.78 is 7.13. The van der Waals surface area contributed by atoms with Gasteiger partial charge in [0.15, 0.2) is 7.28 Å². The summed E-state index contributed by atoms with van der Waals surface area (Å²) >= 11 is 0. The topological polar surface area (TPSA) is 25.4 Å². The first-order valence-electron chi connectivity index (χ1n) is 27.3. The van der Waals surface area contributed by atoms with Crippen LogP contribution in [0.1, 0.15) is 0 Å². The molecule has 0 unspecified atom stereocenters. The minimum absolute atomic E-state index is 0.159. The lowest BCUT2D eigenvalue weighted by Crippen LogP contribution is -2.62. The number of hydrogen-bond donors (Lipinski definition) is 0. The molecule has 2 bridgehead atoms. The Hall–Kier alpha value is -10.4. The van der Waals surface area contributed by atoms with Crippen molar-refractivity contribution in [2.45, 2.75) is 0 Å². The standard InChI is InChI=1S/C72H50B2N5O/c1-8-26-51(27-9-1)75(52-28-10-2-11-29-52)58-44-59-46-61(45-58)80-71-43-25-22-40-62(71)73-63-49-65-68(50-67(63)77(59)55-34-16-5-17-35-55)79(57-38-20-7-21-39-57)70-48-60(76(53-30-12-3-13-31-53)54-32-14-4-15-33-54)47-69-72(70)74(65)64-41-23-24-42-66(64)78(69)56-36-18-6-19-37-56/h1-50H. The van der Waals surface area contributed by atoms with E-state index in [1.807, 2.05) is 0 Å². The number of nitrogens with zero attached hydrogens (tertiary/aromatic N) is 5. The first-order valence-corrected chi connectivity index (χ1v) is 27.3. The molecule has 0 saturated carbocycles. The van der Waals surface area contributed by atoms with E-state index in [1.165, 1.54) is 16.4 Å². The first kappa shape index (κ1) is 46.8. The molecular formula is C72H50B2N5O. The fraction of sp³-hybridized carbons (Fsp3) is 0. The second kappa shape index (κ2) is 19.9. The van der Waals surface area contributed by atoms with Gasteiger partial charge in [-0.05, 0) is 143 Å². The molecule has 3 aliphatic rings. The van der Waals surface area contributed by atoms with E-state index >= 15 is 0 Å². The van der Waals surface area contributed by atoms with Gasteiger partial charge in [0.25, 0.3) is 6.71 Å². The van der Waals surface area contributed by atoms with Gasteiger partial charge in [0, 0.05) is 80.4 Å². The van der Waals surface area contributed by atoms with Crippen LogP contribution in [-0.2, 0) is 0 Å². The van der Waals surface area contributed by atoms with Crippen LogP contribution < -0.4 is 56.6 Å². The zero-order valence-corrected chi connectivity index (χ0v) is 43.7. The van der Waals surface area contributed by atoms with Crippen molar-refractivity contribution in [1.82, 2.24) is 0 Å². The zero-order chi connectivity index (χ0) is 52.9. The van der Waals surface area contributed by atoms with Crippen molar-refractivity contribution < 1.29 is 4.74 Å². The number of para-hydroxylation sites is 9. The van der Waals surface area contributed by atoms with E-state index in [2.05, 4.69) is 335 Å². The maximum Gasteiger partial charge on any atom is 0.252 e. The van der Waals surface area contributed by atoms with Crippen LogP contribution in [0.5, 0.6) is 11.5 Å². The molecule has 0 atom stereocenters. The van der Waals surface area contributed by atoms with Gasteiger partial charge < -0.3 is 29.2 Å². The lowest BCUT2D eigenvalue weighted by Gasteiger charge is -2.45. The second-order valence-electron chi connectivity index (χ2n) is 20.4. The summed E-state index contributed by atoms with van der Waals surface area (Å²) in [5.41, 5.74) is 21.5. The van der Waals surface area contributed by atoms with Crippen molar-refractivity contribution in [1.29, 1.82) is 0 Å². The highest BCUT2D eigenvalue weighted by molar-refractivity contribution is 7.00. The van der Waals surface area contributed by atoms with Crippen molar-refractivity contribution in [2.75, 3.05) is 24.5 Å². The van der Waals surface area contributed by atoms with Crippen LogP contribution in [0.3, 0.4) is 0 Å². The predicted molar refractivity (Wildman–Crippen MR) is 336 cm³/mol. The molecule has 375 valence electrons. The van der Waals surface area contributed by atoms with Gasteiger partial charge in [-0.3, -0.25) is 0 Å². The zero-order valence-electron chi connectivity index (χ0n) is 43.7. The van der Waals surface area contributed by atoms with Gasteiger partial charge in [0.1, 0.15) is 11.5 Å². The average Bonchev–Trinajstić information content (AvgIpc) is 2.98. The molecule has 0 N–H and O–H groups in total. The molecule has 80 heavy (non-hydrogen) atoms. The third-order valence-corrected chi connectivity index (χ3v) is 15.6. The molecule has 0 aromatic heterocycles. The molecule has 15 rings (SSSR count). The quantitative estimate of drug-likeness (QED) is 0.134. The average molecular weight is 1020 g/mol. The molecule has 0 aliphatic carbocycles. The summed E-state index contributed by atoms with van der Waals surface area (Å²) in [5, 5.41) is 0. The van der Waals surface area contributed by atoms with Crippen LogP contribution in [0.4, 0.5) is 85.3 Å². The molecule has 12 aromatic rings. The SMILES string of the molecule is [B]1c2ccccc2Oc2cc(N(c3ccccc3)c3ccccc3)cc(c2)N(c2ccccc2)c2cc3c(cc21)B1c2ccccc2N(c2ccccc2)c2cc(N(c4ccccc4)c4ccccc4)cc(c21)N3c1ccccc1. The van der Waals surface area contributed by atoms with Crippen LogP contribution in [0.2, 0.25) is 0 Å². The number of ether oxygens (including phenoxy) is 1. The fourth-order valence-corrected chi connectivity index (χ4v) is 12.2. The van der Waals surface area contributed by atoms with Crippen LogP contribution >= 0.6 is 0 Å². The molecule has 0 spiro atoms. The molecule has 12 aromatic carbocycles. The third kappa shape index (κ3) is 8.16. The Kier molecular flexibility index (Phi) is 11.6. The van der Waals surface area contributed by atoms with Crippen molar-refractivity contribution in [3.8, 4) is 11.5 Å². The highest BCUT2D eigenvalue weighted by Gasteiger charge is 2.45. The van der Waals surface area contributed by atoms with E-state index in [1.54, 1.807) is 0 Å². The van der Waals surface area contributed by atoms with Gasteiger partial charge in [0.05, 0.1) is 17.1 Å². The Morgan fingerprint density at radius 1 is 0.287 bits per heavy atom. The van der Waals surface area contributed by atoms with E-state index in [0.29, 0.717) is 0 Å². The van der Waals surface area contributed by atoms with Gasteiger partial charge in [0.2, 0.25) is 0 Å². The predicted octanol–water partition coefficient (Wildman–Crippen LogP) is 15.9. The highest BCUT2D eigenvalue weighted by Crippen LogP contribution is 2.50. The number of anilines is 15. The monoisotopic (exact) mass is 1020 g/mol. The van der Waals surface area contributed by atoms with Crippen LogP contribution in [0.25, 0.3) is 0 Å². The Labute approximate surface area is 468 Å². The van der Waals surface area contributed by atoms with Crippen molar-refractivity contribution >= 4 is 127 Å². The summed E-state index contributed by atoms with van der Waals surface area (Å²) in [6.45, 7) is -0.159. The molecule has 8 heteroatoms. The van der Waals surface area contributed by atoms with E-state index in [0.717, 1.165) is 108 Å². The minimum atomic E-state index is -0.159. The van der Waals surface area contributed by atoms with Crippen molar-refractivity contribution in [2.24, 2.45) is 0 Å². The lowest BCUT2D eigenvalue weighted by atomic mass is 9.33. The maximum absolute atomic E-state index is 7.13. The van der Waals surface area contributed by atoms with Crippen LogP contribution in [-0.4, -0.2) is 14.0 Å². The van der Waals surface area contributed by atoms with Gasteiger partial charge in [-0.15, -0.1) is 0 Å². The molecule has 3 aliphatic heterocycles. The van der Waals surface area contributed by atoms with Crippen molar-refractivity contribution in [3.05, 3.63) is 303 Å². The smallest absolute Gasteiger partial charge is 0.252 e. The Balaban J connectivity index is 1.04. The first-order chi connectivity index (χ1) is 39.7. The maximum atomic E-state index is 7.13. The highest BCUT2D eigenvalue weighted by atomic mass is 16.5. The Morgan fingerprint density at radius 2 is 0.725 bits per heavy atom. The summed E-state index contributed by atoms with van der Waals surface area (Å²) in [5.74, 6) is 1.49. The van der Waals surface area contributed by atoms with Gasteiger partial charge in [-0.1, -0.05) is 175 Å². The fourth-order valence-electron chi connectivity index (χ4n) is 12.2. The lowest BCUT2D eigenvalue weighted by molar-refractivity contribution is 0.487. The van der Waals surface area contributed by atoms with Crippen LogP contribution in [0, 0.1) is 0 Å². The van der Waals surface area contributed by atoms with Crippen LogP contribution in [0.15, 0.2) is 303 Å². The van der Waals surface area contributed by atoms with E-state index in [9.17, 15) is 0 Å². The van der Waals surface area contributed by atoms with E-state index < -0.39 is 0 Å². The minimum Gasteiger partial charge on any atom is -0.458 e. The largest absolute Gasteiger partial charge is 0.458 e. The molecule has 1 radical (unpaired) electrons. The molecular weight excluding hydrogens is 972 g/mol. The summed E-state index contributed by atoms with van der Waals surface area (Å²) in [6.07, 6.45) is 0. The van der Waals surface area contributed by atoms with E-state index in [-0.39, 0.29) is 6.71 Å². The molecule has 0 fully saturated rings. The van der Waals surface area contributed by atoms with Gasteiger partial charge in [-0.2, -0.15) is 0 Å². The number of benzene rings is 12. The third-order valence-electron chi connectivity index (χ3n) is 15.6. The molecule has 0 saturated heterocycles. The Morgan fingerprint density at radius 3 is 1.26 bits per heavy atom. The summed E-state index contributed by atoms with van der Waals surface area (Å²) in [7, 11) is 2.32. The normalized spacial score (nSPS) is 12.6. The number of hydrogen-bond acceptors (Lipinski definition) is 6. The van der Waals surface area contributed by atoms with Crippen molar-refractivity contribution in [3.63, 3.8) is 0 Å². The molecule has 0 amide bonds. The molecule has 6 nitrogen and oxygen atoms in total. The Bertz CT molecular complexity index is 4140.